The normalized spacial score (nSPS) is 18.3. The van der Waals surface area contributed by atoms with Gasteiger partial charge in [0.2, 0.25) is 5.91 Å². The molecule has 9 nitrogen and oxygen atoms in total. The standard InChI is InChI=1S/C25H25N5O4/c1-34-19-11-9-18(10-12-19)30-23-20(22(27-30)24(26)32)13-15-29(25(23)33)17-7-5-16(6-8-17)28-14-3-2-4-21(28)31/h5-12H,2-4,13-15H2,1H3,(H2,26,32)/i14D2. The lowest BCUT2D eigenvalue weighted by atomic mass is 10.0. The van der Waals surface area contributed by atoms with Gasteiger partial charge in [0.1, 0.15) is 11.4 Å². The Morgan fingerprint density at radius 3 is 2.24 bits per heavy atom. The minimum absolute atomic E-state index is 0.0648. The van der Waals surface area contributed by atoms with Gasteiger partial charge >= 0.3 is 0 Å². The van der Waals surface area contributed by atoms with Gasteiger partial charge in [-0.2, -0.15) is 5.10 Å². The third kappa shape index (κ3) is 3.68. The highest BCUT2D eigenvalue weighted by molar-refractivity contribution is 6.09. The summed E-state index contributed by atoms with van der Waals surface area (Å²) in [6, 6.07) is 13.6. The van der Waals surface area contributed by atoms with Crippen molar-refractivity contribution < 1.29 is 21.9 Å². The van der Waals surface area contributed by atoms with Crippen LogP contribution in [-0.4, -0.2) is 47.7 Å². The van der Waals surface area contributed by atoms with Gasteiger partial charge in [0.25, 0.3) is 11.8 Å². The molecule has 3 heterocycles. The summed E-state index contributed by atoms with van der Waals surface area (Å²) in [6.45, 7) is -1.45. The summed E-state index contributed by atoms with van der Waals surface area (Å²) in [7, 11) is 1.55. The Bertz CT molecular complexity index is 1350. The summed E-state index contributed by atoms with van der Waals surface area (Å²) in [4.78, 5) is 40.9. The number of primary amides is 1. The van der Waals surface area contributed by atoms with Gasteiger partial charge in [-0.15, -0.1) is 0 Å². The summed E-state index contributed by atoms with van der Waals surface area (Å²) in [6.07, 6.45) is 1.46. The van der Waals surface area contributed by atoms with E-state index in [0.717, 1.165) is 0 Å². The zero-order valence-electron chi connectivity index (χ0n) is 20.7. The first-order chi connectivity index (χ1) is 17.2. The fraction of sp³-hybridized carbons (Fsp3) is 0.280. The zero-order valence-corrected chi connectivity index (χ0v) is 18.7. The van der Waals surface area contributed by atoms with E-state index in [1.165, 1.54) is 9.58 Å². The van der Waals surface area contributed by atoms with E-state index in [2.05, 4.69) is 5.10 Å². The third-order valence-electron chi connectivity index (χ3n) is 6.07. The maximum absolute atomic E-state index is 13.7. The average Bonchev–Trinajstić information content (AvgIpc) is 3.25. The largest absolute Gasteiger partial charge is 0.497 e. The van der Waals surface area contributed by atoms with Crippen molar-refractivity contribution >= 4 is 29.1 Å². The molecular formula is C25H25N5O4. The molecule has 1 aromatic heterocycles. The Kier molecular flexibility index (Phi) is 4.93. The van der Waals surface area contributed by atoms with Crippen LogP contribution < -0.4 is 20.3 Å². The number of carbonyl (C=O) groups excluding carboxylic acids is 3. The first-order valence-corrected chi connectivity index (χ1v) is 11.0. The number of carbonyl (C=O) groups is 3. The smallest absolute Gasteiger partial charge is 0.277 e. The summed E-state index contributed by atoms with van der Waals surface area (Å²) >= 11 is 0. The molecule has 0 saturated carbocycles. The molecule has 0 radical (unpaired) electrons. The molecule has 0 spiro atoms. The number of amides is 3. The number of piperidine rings is 1. The third-order valence-corrected chi connectivity index (χ3v) is 6.07. The van der Waals surface area contributed by atoms with Gasteiger partial charge in [-0.3, -0.25) is 14.4 Å². The van der Waals surface area contributed by atoms with E-state index in [1.54, 1.807) is 60.5 Å². The number of fused-ring (bicyclic) bond motifs is 1. The highest BCUT2D eigenvalue weighted by Gasteiger charge is 2.34. The van der Waals surface area contributed by atoms with Crippen molar-refractivity contribution in [2.24, 2.45) is 5.73 Å². The van der Waals surface area contributed by atoms with Crippen LogP contribution >= 0.6 is 0 Å². The number of methoxy groups -OCH3 is 1. The van der Waals surface area contributed by atoms with E-state index in [9.17, 15) is 14.4 Å². The molecule has 2 aliphatic heterocycles. The van der Waals surface area contributed by atoms with Crippen LogP contribution in [0.25, 0.3) is 5.69 Å². The van der Waals surface area contributed by atoms with Gasteiger partial charge in [0.05, 0.1) is 12.8 Å². The molecule has 0 atom stereocenters. The zero-order chi connectivity index (χ0) is 25.6. The van der Waals surface area contributed by atoms with Crippen LogP contribution in [0, 0.1) is 0 Å². The van der Waals surface area contributed by atoms with Gasteiger partial charge in [-0.25, -0.2) is 4.68 Å². The molecule has 0 aliphatic carbocycles. The van der Waals surface area contributed by atoms with Crippen molar-refractivity contribution in [3.63, 3.8) is 0 Å². The van der Waals surface area contributed by atoms with Gasteiger partial charge in [-0.1, -0.05) is 0 Å². The topological polar surface area (TPSA) is 111 Å². The van der Waals surface area contributed by atoms with Gasteiger partial charge in [0, 0.05) is 39.1 Å². The quantitative estimate of drug-likeness (QED) is 0.628. The predicted molar refractivity (Wildman–Crippen MR) is 127 cm³/mol. The summed E-state index contributed by atoms with van der Waals surface area (Å²) < 4.78 is 23.1. The molecule has 2 aromatic carbocycles. The number of hydrogen-bond donors (Lipinski definition) is 1. The van der Waals surface area contributed by atoms with Crippen LogP contribution in [0.1, 0.15) is 48.5 Å². The Labute approximate surface area is 199 Å². The Morgan fingerprint density at radius 1 is 0.971 bits per heavy atom. The number of nitrogens with zero attached hydrogens (tertiary/aromatic N) is 4. The van der Waals surface area contributed by atoms with Crippen molar-refractivity contribution in [1.29, 1.82) is 0 Å². The van der Waals surface area contributed by atoms with Crippen molar-refractivity contribution in [3.8, 4) is 11.4 Å². The lowest BCUT2D eigenvalue weighted by molar-refractivity contribution is -0.119. The van der Waals surface area contributed by atoms with Gasteiger partial charge < -0.3 is 20.3 Å². The van der Waals surface area contributed by atoms with E-state index < -0.39 is 12.4 Å². The van der Waals surface area contributed by atoms with Crippen LogP contribution in [0.3, 0.4) is 0 Å². The molecule has 3 amide bonds. The molecule has 1 saturated heterocycles. The highest BCUT2D eigenvalue weighted by atomic mass is 16.5. The Hall–Kier alpha value is -4.14. The van der Waals surface area contributed by atoms with Crippen LogP contribution in [0.2, 0.25) is 0 Å². The molecule has 2 aliphatic rings. The van der Waals surface area contributed by atoms with Crippen molar-refractivity contribution in [2.75, 3.05) is 30.0 Å². The molecule has 5 rings (SSSR count). The first-order valence-electron chi connectivity index (χ1n) is 12.0. The van der Waals surface area contributed by atoms with E-state index in [1.807, 2.05) is 0 Å². The maximum Gasteiger partial charge on any atom is 0.277 e. The lowest BCUT2D eigenvalue weighted by Gasteiger charge is -2.29. The second-order valence-corrected chi connectivity index (χ2v) is 8.11. The molecule has 0 unspecified atom stereocenters. The first kappa shape index (κ1) is 19.3. The van der Waals surface area contributed by atoms with Gasteiger partial charge in [0.15, 0.2) is 5.69 Å². The lowest BCUT2D eigenvalue weighted by Crippen LogP contribution is -2.39. The summed E-state index contributed by atoms with van der Waals surface area (Å²) in [5, 5.41) is 4.36. The second kappa shape index (κ2) is 8.66. The molecule has 1 fully saturated rings. The number of hydrogen-bond acceptors (Lipinski definition) is 5. The van der Waals surface area contributed by atoms with Crippen molar-refractivity contribution in [3.05, 3.63) is 65.5 Å². The van der Waals surface area contributed by atoms with Crippen LogP contribution in [-0.2, 0) is 11.2 Å². The van der Waals surface area contributed by atoms with Crippen molar-refractivity contribution in [2.45, 2.75) is 25.7 Å². The summed E-state index contributed by atoms with van der Waals surface area (Å²) in [5.74, 6) is -0.673. The molecule has 34 heavy (non-hydrogen) atoms. The van der Waals surface area contributed by atoms with E-state index >= 15 is 0 Å². The number of anilines is 2. The fourth-order valence-electron chi connectivity index (χ4n) is 4.36. The fourth-order valence-corrected chi connectivity index (χ4v) is 4.36. The number of nitrogens with two attached hydrogens (primary N) is 1. The van der Waals surface area contributed by atoms with E-state index in [4.69, 9.17) is 13.2 Å². The van der Waals surface area contributed by atoms with E-state index in [0.29, 0.717) is 54.2 Å². The number of aromatic nitrogens is 2. The minimum atomic E-state index is -1.76. The molecule has 3 aromatic rings. The average molecular weight is 462 g/mol. The van der Waals surface area contributed by atoms with Gasteiger partial charge in [-0.05, 0) is 67.8 Å². The molecule has 0 bridgehead atoms. The molecular weight excluding hydrogens is 434 g/mol. The predicted octanol–water partition coefficient (Wildman–Crippen LogP) is 2.70. The minimum Gasteiger partial charge on any atom is -0.497 e. The summed E-state index contributed by atoms with van der Waals surface area (Å²) in [5.41, 5.74) is 8.00. The van der Waals surface area contributed by atoms with Crippen LogP contribution in [0.4, 0.5) is 11.4 Å². The number of rotatable bonds is 5. The highest BCUT2D eigenvalue weighted by Crippen LogP contribution is 2.31. The number of ether oxygens (including phenoxy) is 1. The van der Waals surface area contributed by atoms with Crippen LogP contribution in [0.5, 0.6) is 5.75 Å². The number of benzene rings is 2. The second-order valence-electron chi connectivity index (χ2n) is 8.11. The van der Waals surface area contributed by atoms with E-state index in [-0.39, 0.29) is 29.6 Å². The Morgan fingerprint density at radius 2 is 1.62 bits per heavy atom. The molecule has 2 N–H and O–H groups in total. The van der Waals surface area contributed by atoms with Crippen molar-refractivity contribution in [1.82, 2.24) is 9.78 Å². The van der Waals surface area contributed by atoms with Crippen LogP contribution in [0.15, 0.2) is 48.5 Å². The molecule has 174 valence electrons. The monoisotopic (exact) mass is 461 g/mol. The SMILES string of the molecule is [2H]C1([2H])CCCC(=O)N1c1ccc(N2CCc3c(C(N)=O)nn(-c4ccc(OC)cc4)c3C2=O)cc1. The maximum atomic E-state index is 13.7. The Balaban J connectivity index is 1.50. The molecule has 9 heteroatoms.